The van der Waals surface area contributed by atoms with Gasteiger partial charge in [-0.05, 0) is 18.6 Å². The zero-order valence-electron chi connectivity index (χ0n) is 9.51. The molecule has 0 radical (unpaired) electrons. The van der Waals surface area contributed by atoms with Crippen molar-refractivity contribution in [3.05, 3.63) is 24.4 Å². The van der Waals surface area contributed by atoms with Crippen LogP contribution in [0.4, 0.5) is 0 Å². The Labute approximate surface area is 109 Å². The molecular formula is C11H13ClN4S. The van der Waals surface area contributed by atoms with Crippen molar-refractivity contribution in [1.29, 1.82) is 0 Å². The molecule has 17 heavy (non-hydrogen) atoms. The maximum Gasteiger partial charge on any atom is 0.191 e. The van der Waals surface area contributed by atoms with Gasteiger partial charge in [-0.1, -0.05) is 17.8 Å². The van der Waals surface area contributed by atoms with Gasteiger partial charge < -0.3 is 4.57 Å². The van der Waals surface area contributed by atoms with E-state index in [9.17, 15) is 0 Å². The molecule has 0 aliphatic heterocycles. The number of aromatic nitrogens is 4. The second-order valence-electron chi connectivity index (χ2n) is 3.47. The SMILES string of the molecule is Cn1c(SCCCCl)nnc1-c1ccccn1. The molecule has 0 atom stereocenters. The summed E-state index contributed by atoms with van der Waals surface area (Å²) in [5.41, 5.74) is 0.840. The molecule has 90 valence electrons. The van der Waals surface area contributed by atoms with Crippen LogP contribution in [0.1, 0.15) is 6.42 Å². The number of halogens is 1. The molecule has 0 amide bonds. The first-order valence-electron chi connectivity index (χ1n) is 5.32. The van der Waals surface area contributed by atoms with E-state index in [1.807, 2.05) is 29.8 Å². The Morgan fingerprint density at radius 2 is 2.24 bits per heavy atom. The van der Waals surface area contributed by atoms with Crippen LogP contribution in [-0.2, 0) is 7.05 Å². The normalized spacial score (nSPS) is 10.7. The van der Waals surface area contributed by atoms with Crippen molar-refractivity contribution in [2.45, 2.75) is 11.6 Å². The molecule has 0 spiro atoms. The maximum absolute atomic E-state index is 5.64. The van der Waals surface area contributed by atoms with Crippen LogP contribution in [0, 0.1) is 0 Å². The Bertz CT molecular complexity index is 472. The number of thioether (sulfide) groups is 1. The molecule has 0 aromatic carbocycles. The molecule has 0 unspecified atom stereocenters. The topological polar surface area (TPSA) is 43.6 Å². The number of hydrogen-bond donors (Lipinski definition) is 0. The van der Waals surface area contributed by atoms with Crippen molar-refractivity contribution in [2.24, 2.45) is 7.05 Å². The summed E-state index contributed by atoms with van der Waals surface area (Å²) in [4.78, 5) is 4.27. The summed E-state index contributed by atoms with van der Waals surface area (Å²) in [5.74, 6) is 2.43. The zero-order chi connectivity index (χ0) is 12.1. The van der Waals surface area contributed by atoms with E-state index in [0.717, 1.165) is 28.8 Å². The van der Waals surface area contributed by atoms with E-state index in [-0.39, 0.29) is 0 Å². The highest BCUT2D eigenvalue weighted by Crippen LogP contribution is 2.21. The van der Waals surface area contributed by atoms with Crippen molar-refractivity contribution < 1.29 is 0 Å². The fourth-order valence-electron chi connectivity index (χ4n) is 1.38. The van der Waals surface area contributed by atoms with E-state index in [1.165, 1.54) is 0 Å². The predicted molar refractivity (Wildman–Crippen MR) is 70.3 cm³/mol. The van der Waals surface area contributed by atoms with Crippen molar-refractivity contribution in [3.8, 4) is 11.5 Å². The molecule has 0 saturated heterocycles. The van der Waals surface area contributed by atoms with Crippen molar-refractivity contribution in [1.82, 2.24) is 19.7 Å². The van der Waals surface area contributed by atoms with Crippen LogP contribution < -0.4 is 0 Å². The second-order valence-corrected chi connectivity index (χ2v) is 4.91. The van der Waals surface area contributed by atoms with E-state index in [4.69, 9.17) is 11.6 Å². The monoisotopic (exact) mass is 268 g/mol. The molecule has 2 aromatic rings. The second kappa shape index (κ2) is 6.02. The molecule has 6 heteroatoms. The van der Waals surface area contributed by atoms with Gasteiger partial charge in [-0.25, -0.2) is 0 Å². The number of nitrogens with zero attached hydrogens (tertiary/aromatic N) is 4. The van der Waals surface area contributed by atoms with Gasteiger partial charge >= 0.3 is 0 Å². The molecule has 0 saturated carbocycles. The molecule has 0 aliphatic carbocycles. The lowest BCUT2D eigenvalue weighted by Gasteiger charge is -2.02. The summed E-state index contributed by atoms with van der Waals surface area (Å²) >= 11 is 7.31. The van der Waals surface area contributed by atoms with Gasteiger partial charge in [-0.3, -0.25) is 4.98 Å². The summed E-state index contributed by atoms with van der Waals surface area (Å²) in [6.07, 6.45) is 2.72. The van der Waals surface area contributed by atoms with Gasteiger partial charge in [0.15, 0.2) is 11.0 Å². The molecule has 0 N–H and O–H groups in total. The van der Waals surface area contributed by atoms with E-state index in [1.54, 1.807) is 18.0 Å². The maximum atomic E-state index is 5.64. The summed E-state index contributed by atoms with van der Waals surface area (Å²) in [6.45, 7) is 0. The third-order valence-electron chi connectivity index (χ3n) is 2.24. The van der Waals surface area contributed by atoms with Gasteiger partial charge in [0.2, 0.25) is 0 Å². The Kier molecular flexibility index (Phi) is 4.39. The lowest BCUT2D eigenvalue weighted by Crippen LogP contribution is -1.96. The third kappa shape index (κ3) is 2.98. The van der Waals surface area contributed by atoms with E-state index in [0.29, 0.717) is 5.88 Å². The van der Waals surface area contributed by atoms with Gasteiger partial charge in [-0.2, -0.15) is 0 Å². The molecule has 2 rings (SSSR count). The standard InChI is InChI=1S/C11H13ClN4S/c1-16-10(9-5-2-3-7-13-9)14-15-11(16)17-8-4-6-12/h2-3,5,7H,4,6,8H2,1H3. The summed E-state index contributed by atoms with van der Waals surface area (Å²) in [7, 11) is 1.95. The minimum Gasteiger partial charge on any atom is -0.304 e. The molecule has 2 heterocycles. The summed E-state index contributed by atoms with van der Waals surface area (Å²) < 4.78 is 1.96. The highest BCUT2D eigenvalue weighted by molar-refractivity contribution is 7.99. The Morgan fingerprint density at radius 1 is 1.35 bits per heavy atom. The largest absolute Gasteiger partial charge is 0.304 e. The first-order valence-corrected chi connectivity index (χ1v) is 6.84. The van der Waals surface area contributed by atoms with E-state index in [2.05, 4.69) is 15.2 Å². The summed E-state index contributed by atoms with van der Waals surface area (Å²) in [5, 5.41) is 9.22. The van der Waals surface area contributed by atoms with Crippen molar-refractivity contribution in [3.63, 3.8) is 0 Å². The number of alkyl halides is 1. The molecule has 0 bridgehead atoms. The molecule has 2 aromatic heterocycles. The predicted octanol–water partition coefficient (Wildman–Crippen LogP) is 2.60. The molecule has 0 fully saturated rings. The van der Waals surface area contributed by atoms with Gasteiger partial charge in [-0.15, -0.1) is 21.8 Å². The zero-order valence-corrected chi connectivity index (χ0v) is 11.1. The fourth-order valence-corrected chi connectivity index (χ4v) is 2.52. The van der Waals surface area contributed by atoms with E-state index >= 15 is 0 Å². The highest BCUT2D eigenvalue weighted by atomic mass is 35.5. The minimum atomic E-state index is 0.679. The van der Waals surface area contributed by atoms with Crippen LogP contribution in [0.25, 0.3) is 11.5 Å². The molecule has 0 aliphatic rings. The smallest absolute Gasteiger partial charge is 0.191 e. The number of pyridine rings is 1. The minimum absolute atomic E-state index is 0.679. The number of rotatable bonds is 5. The lowest BCUT2D eigenvalue weighted by atomic mass is 10.3. The Hall–Kier alpha value is -1.07. The third-order valence-corrected chi connectivity index (χ3v) is 3.61. The molecule has 4 nitrogen and oxygen atoms in total. The van der Waals surface area contributed by atoms with Gasteiger partial charge in [0, 0.05) is 24.9 Å². The van der Waals surface area contributed by atoms with Gasteiger partial charge in [0.05, 0.1) is 0 Å². The van der Waals surface area contributed by atoms with Gasteiger partial charge in [0.1, 0.15) is 5.69 Å². The van der Waals surface area contributed by atoms with Crippen LogP contribution >= 0.6 is 23.4 Å². The molecular weight excluding hydrogens is 256 g/mol. The Balaban J connectivity index is 2.15. The fraction of sp³-hybridized carbons (Fsp3) is 0.364. The van der Waals surface area contributed by atoms with Crippen LogP contribution in [0.3, 0.4) is 0 Å². The van der Waals surface area contributed by atoms with Crippen LogP contribution in [0.5, 0.6) is 0 Å². The van der Waals surface area contributed by atoms with Gasteiger partial charge in [0.25, 0.3) is 0 Å². The lowest BCUT2D eigenvalue weighted by molar-refractivity contribution is 0.791. The Morgan fingerprint density at radius 3 is 2.94 bits per heavy atom. The number of hydrogen-bond acceptors (Lipinski definition) is 4. The average molecular weight is 269 g/mol. The van der Waals surface area contributed by atoms with E-state index < -0.39 is 0 Å². The van der Waals surface area contributed by atoms with Crippen molar-refractivity contribution in [2.75, 3.05) is 11.6 Å². The average Bonchev–Trinajstić information content (AvgIpc) is 2.73. The van der Waals surface area contributed by atoms with Crippen LogP contribution in [-0.4, -0.2) is 31.4 Å². The van der Waals surface area contributed by atoms with Crippen LogP contribution in [0.15, 0.2) is 29.6 Å². The van der Waals surface area contributed by atoms with Crippen molar-refractivity contribution >= 4 is 23.4 Å². The first-order chi connectivity index (χ1) is 8.33. The summed E-state index contributed by atoms with van der Waals surface area (Å²) in [6, 6.07) is 5.75. The highest BCUT2D eigenvalue weighted by Gasteiger charge is 2.11. The quantitative estimate of drug-likeness (QED) is 0.475. The van der Waals surface area contributed by atoms with Crippen LogP contribution in [0.2, 0.25) is 0 Å². The first kappa shape index (κ1) is 12.4.